The zero-order valence-electron chi connectivity index (χ0n) is 14.0. The number of aryl methyl sites for hydroxylation is 2. The van der Waals surface area contributed by atoms with E-state index in [1.54, 1.807) is 0 Å². The Balaban J connectivity index is 2.36. The van der Waals surface area contributed by atoms with Crippen molar-refractivity contribution < 1.29 is 19.1 Å². The SMILES string of the molecule is CCC(C)(C)NC(=O)COC(=O)COc1cc(C)cc(C)c1. The Hall–Kier alpha value is -2.04. The molecule has 1 aromatic carbocycles. The van der Waals surface area contributed by atoms with Gasteiger partial charge in [0.25, 0.3) is 5.91 Å². The van der Waals surface area contributed by atoms with Gasteiger partial charge in [-0.1, -0.05) is 13.0 Å². The zero-order chi connectivity index (χ0) is 16.8. The summed E-state index contributed by atoms with van der Waals surface area (Å²) in [6.45, 7) is 9.21. The number of esters is 1. The third-order valence-electron chi connectivity index (χ3n) is 3.28. The fourth-order valence-corrected chi connectivity index (χ4v) is 1.85. The molecule has 0 heterocycles. The van der Waals surface area contributed by atoms with Crippen molar-refractivity contribution in [1.29, 1.82) is 0 Å². The third kappa shape index (κ3) is 6.61. The Morgan fingerprint density at radius 3 is 2.23 bits per heavy atom. The lowest BCUT2D eigenvalue weighted by molar-refractivity contribution is -0.150. The van der Waals surface area contributed by atoms with Gasteiger partial charge in [0.1, 0.15) is 5.75 Å². The number of amides is 1. The maximum absolute atomic E-state index is 11.7. The van der Waals surface area contributed by atoms with Crippen molar-refractivity contribution in [3.05, 3.63) is 29.3 Å². The summed E-state index contributed by atoms with van der Waals surface area (Å²) in [5, 5.41) is 2.79. The van der Waals surface area contributed by atoms with Crippen LogP contribution in [0.4, 0.5) is 0 Å². The van der Waals surface area contributed by atoms with Gasteiger partial charge >= 0.3 is 5.97 Å². The number of ether oxygens (including phenoxy) is 2. The number of hydrogen-bond donors (Lipinski definition) is 1. The number of benzene rings is 1. The second-order valence-corrected chi connectivity index (χ2v) is 6.06. The lowest BCUT2D eigenvalue weighted by Gasteiger charge is -2.24. The molecule has 0 aliphatic heterocycles. The molecule has 0 bridgehead atoms. The van der Waals surface area contributed by atoms with Gasteiger partial charge in [-0.05, 0) is 57.4 Å². The average molecular weight is 307 g/mol. The summed E-state index contributed by atoms with van der Waals surface area (Å²) in [5.41, 5.74) is 1.81. The van der Waals surface area contributed by atoms with Crippen molar-refractivity contribution in [2.75, 3.05) is 13.2 Å². The van der Waals surface area contributed by atoms with E-state index in [0.717, 1.165) is 17.5 Å². The first kappa shape index (κ1) is 18.0. The molecule has 1 N–H and O–H groups in total. The van der Waals surface area contributed by atoms with Gasteiger partial charge in [0.15, 0.2) is 13.2 Å². The lowest BCUT2D eigenvalue weighted by atomic mass is 10.0. The van der Waals surface area contributed by atoms with Crippen LogP contribution < -0.4 is 10.1 Å². The number of hydrogen-bond acceptors (Lipinski definition) is 4. The predicted molar refractivity (Wildman–Crippen MR) is 84.9 cm³/mol. The topological polar surface area (TPSA) is 64.6 Å². The van der Waals surface area contributed by atoms with Gasteiger partial charge in [0.05, 0.1) is 0 Å². The van der Waals surface area contributed by atoms with Crippen molar-refractivity contribution in [3.8, 4) is 5.75 Å². The van der Waals surface area contributed by atoms with Crippen LogP contribution in [0.2, 0.25) is 0 Å². The summed E-state index contributed by atoms with van der Waals surface area (Å²) in [5.74, 6) is -0.263. The van der Waals surface area contributed by atoms with E-state index in [4.69, 9.17) is 9.47 Å². The molecular weight excluding hydrogens is 282 g/mol. The normalized spacial score (nSPS) is 11.0. The first-order valence-electron chi connectivity index (χ1n) is 7.39. The van der Waals surface area contributed by atoms with E-state index in [9.17, 15) is 9.59 Å². The van der Waals surface area contributed by atoms with Gasteiger partial charge in [-0.25, -0.2) is 4.79 Å². The molecule has 5 nitrogen and oxygen atoms in total. The zero-order valence-corrected chi connectivity index (χ0v) is 14.0. The molecule has 0 spiro atoms. The highest BCUT2D eigenvalue weighted by Crippen LogP contribution is 2.16. The van der Waals surface area contributed by atoms with Crippen molar-refractivity contribution in [2.24, 2.45) is 0 Å². The molecule has 0 aliphatic carbocycles. The van der Waals surface area contributed by atoms with E-state index in [2.05, 4.69) is 5.32 Å². The van der Waals surface area contributed by atoms with Crippen molar-refractivity contribution in [2.45, 2.75) is 46.6 Å². The molecule has 0 fully saturated rings. The molecule has 0 aromatic heterocycles. The Morgan fingerprint density at radius 2 is 1.68 bits per heavy atom. The van der Waals surface area contributed by atoms with Crippen molar-refractivity contribution in [3.63, 3.8) is 0 Å². The summed E-state index contributed by atoms with van der Waals surface area (Å²) in [7, 11) is 0. The molecule has 1 amide bonds. The highest BCUT2D eigenvalue weighted by Gasteiger charge is 2.18. The number of carbonyl (C=O) groups excluding carboxylic acids is 2. The molecule has 22 heavy (non-hydrogen) atoms. The third-order valence-corrected chi connectivity index (χ3v) is 3.28. The van der Waals surface area contributed by atoms with E-state index in [1.807, 2.05) is 52.8 Å². The van der Waals surface area contributed by atoms with Crippen molar-refractivity contribution >= 4 is 11.9 Å². The Bertz CT molecular complexity index is 517. The fourth-order valence-electron chi connectivity index (χ4n) is 1.85. The van der Waals surface area contributed by atoms with Gasteiger partial charge in [-0.2, -0.15) is 0 Å². The Kier molecular flexibility index (Phi) is 6.40. The minimum Gasteiger partial charge on any atom is -0.482 e. The van der Waals surface area contributed by atoms with Crippen LogP contribution in [0.3, 0.4) is 0 Å². The molecule has 0 saturated carbocycles. The molecule has 0 aliphatic rings. The van der Waals surface area contributed by atoms with Crippen LogP contribution in [-0.2, 0) is 14.3 Å². The lowest BCUT2D eigenvalue weighted by Crippen LogP contribution is -2.44. The summed E-state index contributed by atoms with van der Waals surface area (Å²) in [4.78, 5) is 23.3. The number of carbonyl (C=O) groups is 2. The van der Waals surface area contributed by atoms with E-state index in [-0.39, 0.29) is 24.7 Å². The first-order chi connectivity index (χ1) is 10.2. The predicted octanol–water partition coefficient (Wildman–Crippen LogP) is 2.53. The maximum Gasteiger partial charge on any atom is 0.344 e. The van der Waals surface area contributed by atoms with Crippen LogP contribution in [0, 0.1) is 13.8 Å². The maximum atomic E-state index is 11.7. The van der Waals surface area contributed by atoms with Crippen LogP contribution >= 0.6 is 0 Å². The average Bonchev–Trinajstić information content (AvgIpc) is 2.41. The van der Waals surface area contributed by atoms with E-state index >= 15 is 0 Å². The van der Waals surface area contributed by atoms with Crippen LogP contribution in [0.1, 0.15) is 38.3 Å². The monoisotopic (exact) mass is 307 g/mol. The van der Waals surface area contributed by atoms with Gasteiger partial charge in [0, 0.05) is 5.54 Å². The van der Waals surface area contributed by atoms with Gasteiger partial charge < -0.3 is 14.8 Å². The molecule has 1 rings (SSSR count). The molecule has 122 valence electrons. The summed E-state index contributed by atoms with van der Waals surface area (Å²) >= 11 is 0. The van der Waals surface area contributed by atoms with E-state index in [1.165, 1.54) is 0 Å². The standard InChI is InChI=1S/C17H25NO4/c1-6-17(4,5)18-15(19)10-22-16(20)11-21-14-8-12(2)7-13(3)9-14/h7-9H,6,10-11H2,1-5H3,(H,18,19). The van der Waals surface area contributed by atoms with Crippen LogP contribution in [-0.4, -0.2) is 30.6 Å². The van der Waals surface area contributed by atoms with Crippen LogP contribution in [0.5, 0.6) is 5.75 Å². The fraction of sp³-hybridized carbons (Fsp3) is 0.529. The molecule has 5 heteroatoms. The quantitative estimate of drug-likeness (QED) is 0.786. The smallest absolute Gasteiger partial charge is 0.344 e. The molecular formula is C17H25NO4. The molecule has 0 atom stereocenters. The second kappa shape index (κ2) is 7.82. The highest BCUT2D eigenvalue weighted by atomic mass is 16.6. The van der Waals surface area contributed by atoms with Gasteiger partial charge in [0.2, 0.25) is 0 Å². The van der Waals surface area contributed by atoms with Crippen LogP contribution in [0.25, 0.3) is 0 Å². The summed E-state index contributed by atoms with van der Waals surface area (Å²) in [6.07, 6.45) is 0.794. The van der Waals surface area contributed by atoms with Gasteiger partial charge in [-0.3, -0.25) is 4.79 Å². The van der Waals surface area contributed by atoms with Crippen molar-refractivity contribution in [1.82, 2.24) is 5.32 Å². The Labute approximate surface area is 132 Å². The minimum atomic E-state index is -0.566. The molecule has 0 saturated heterocycles. The van der Waals surface area contributed by atoms with Gasteiger partial charge in [-0.15, -0.1) is 0 Å². The minimum absolute atomic E-state index is 0.215. The summed E-state index contributed by atoms with van der Waals surface area (Å²) in [6, 6.07) is 5.71. The Morgan fingerprint density at radius 1 is 1.09 bits per heavy atom. The molecule has 1 aromatic rings. The second-order valence-electron chi connectivity index (χ2n) is 6.06. The van der Waals surface area contributed by atoms with E-state index < -0.39 is 5.97 Å². The summed E-state index contributed by atoms with van der Waals surface area (Å²) < 4.78 is 10.3. The number of nitrogens with one attached hydrogen (secondary N) is 1. The largest absolute Gasteiger partial charge is 0.482 e. The first-order valence-corrected chi connectivity index (χ1v) is 7.39. The van der Waals surface area contributed by atoms with Crippen LogP contribution in [0.15, 0.2) is 18.2 Å². The van der Waals surface area contributed by atoms with E-state index in [0.29, 0.717) is 5.75 Å². The highest BCUT2D eigenvalue weighted by molar-refractivity contribution is 5.81. The molecule has 0 unspecified atom stereocenters. The molecule has 0 radical (unpaired) electrons. The number of rotatable bonds is 7.